The number of nitrogens with one attached hydrogen (secondary N) is 2. The maximum Gasteiger partial charge on any atom is 0.224 e. The highest BCUT2D eigenvalue weighted by Gasteiger charge is 2.20. The van der Waals surface area contributed by atoms with Crippen molar-refractivity contribution in [1.29, 1.82) is 0 Å². The van der Waals surface area contributed by atoms with Gasteiger partial charge in [-0.3, -0.25) is 0 Å². The van der Waals surface area contributed by atoms with E-state index in [-0.39, 0.29) is 12.1 Å². The molecule has 0 bridgehead atoms. The second-order valence-electron chi connectivity index (χ2n) is 6.00. The highest BCUT2D eigenvalue weighted by Crippen LogP contribution is 2.25. The summed E-state index contributed by atoms with van der Waals surface area (Å²) in [6, 6.07) is 7.82. The van der Waals surface area contributed by atoms with Crippen molar-refractivity contribution in [3.05, 3.63) is 30.5 Å². The summed E-state index contributed by atoms with van der Waals surface area (Å²) in [5.74, 6) is 1.90. The first-order valence-corrected chi connectivity index (χ1v) is 8.12. The molecule has 1 aromatic heterocycles. The third-order valence-corrected chi connectivity index (χ3v) is 4.20. The maximum atomic E-state index is 9.58. The molecule has 0 spiro atoms. The molecule has 1 saturated carbocycles. The smallest absolute Gasteiger partial charge is 0.224 e. The lowest BCUT2D eigenvalue weighted by Gasteiger charge is -2.26. The van der Waals surface area contributed by atoms with Gasteiger partial charge in [0.2, 0.25) is 5.95 Å². The van der Waals surface area contributed by atoms with Crippen LogP contribution in [-0.2, 0) is 0 Å². The summed E-state index contributed by atoms with van der Waals surface area (Å²) in [6.45, 7) is 0. The van der Waals surface area contributed by atoms with Crippen molar-refractivity contribution < 1.29 is 9.84 Å². The van der Waals surface area contributed by atoms with Gasteiger partial charge in [0.05, 0.1) is 25.1 Å². The fourth-order valence-electron chi connectivity index (χ4n) is 2.77. The largest absolute Gasteiger partial charge is 0.497 e. The van der Waals surface area contributed by atoms with Gasteiger partial charge in [0.1, 0.15) is 5.75 Å². The van der Waals surface area contributed by atoms with E-state index in [1.54, 1.807) is 13.3 Å². The maximum absolute atomic E-state index is 9.58. The molecule has 0 saturated heterocycles. The zero-order valence-electron chi connectivity index (χ0n) is 13.7. The minimum Gasteiger partial charge on any atom is -0.497 e. The van der Waals surface area contributed by atoms with E-state index < -0.39 is 0 Å². The lowest BCUT2D eigenvalue weighted by molar-refractivity contribution is 0.126. The van der Waals surface area contributed by atoms with Crippen LogP contribution in [-0.4, -0.2) is 34.3 Å². The minimum absolute atomic E-state index is 0.178. The number of nitrogens with two attached hydrogens (primary N) is 1. The van der Waals surface area contributed by atoms with Gasteiger partial charge in [-0.25, -0.2) is 4.98 Å². The predicted octanol–water partition coefficient (Wildman–Crippen LogP) is 2.53. The molecule has 2 aromatic rings. The lowest BCUT2D eigenvalue weighted by atomic mass is 9.93. The third-order valence-electron chi connectivity index (χ3n) is 4.20. The molecule has 1 aromatic carbocycles. The average Bonchev–Trinajstić information content (AvgIpc) is 2.60. The molecule has 128 valence electrons. The van der Waals surface area contributed by atoms with Crippen molar-refractivity contribution in [1.82, 2.24) is 9.97 Å². The van der Waals surface area contributed by atoms with Gasteiger partial charge >= 0.3 is 0 Å². The van der Waals surface area contributed by atoms with Gasteiger partial charge in [0.25, 0.3) is 0 Å². The number of benzene rings is 1. The second kappa shape index (κ2) is 7.35. The molecule has 5 N–H and O–H groups in total. The van der Waals surface area contributed by atoms with E-state index in [4.69, 9.17) is 10.5 Å². The van der Waals surface area contributed by atoms with Crippen molar-refractivity contribution in [2.45, 2.75) is 37.8 Å². The molecule has 24 heavy (non-hydrogen) atoms. The summed E-state index contributed by atoms with van der Waals surface area (Å²) in [4.78, 5) is 8.72. The molecule has 0 amide bonds. The molecule has 1 heterocycles. The lowest BCUT2D eigenvalue weighted by Crippen LogP contribution is -2.29. The fraction of sp³-hybridized carbons (Fsp3) is 0.412. The number of aliphatic hydroxyl groups is 1. The quantitative estimate of drug-likeness (QED) is 0.668. The zero-order valence-corrected chi connectivity index (χ0v) is 13.7. The molecule has 0 atom stereocenters. The Morgan fingerprint density at radius 2 is 1.88 bits per heavy atom. The number of aromatic nitrogens is 2. The summed E-state index contributed by atoms with van der Waals surface area (Å²) in [5, 5.41) is 16.1. The highest BCUT2D eigenvalue weighted by atomic mass is 16.5. The minimum atomic E-state index is -0.178. The van der Waals surface area contributed by atoms with Crippen molar-refractivity contribution in [3.8, 4) is 5.75 Å². The van der Waals surface area contributed by atoms with Gasteiger partial charge in [0, 0.05) is 11.7 Å². The molecule has 0 radical (unpaired) electrons. The Bertz CT molecular complexity index is 669. The number of nitrogen functional groups attached to an aromatic ring is 1. The molecule has 7 nitrogen and oxygen atoms in total. The SMILES string of the molecule is COc1ccc(Nc2nc(NC3CCC(O)CC3)ncc2N)cc1. The van der Waals surface area contributed by atoms with E-state index in [2.05, 4.69) is 20.6 Å². The average molecular weight is 329 g/mol. The molecule has 0 unspecified atom stereocenters. The van der Waals surface area contributed by atoms with Gasteiger partial charge in [-0.2, -0.15) is 4.98 Å². The first-order valence-electron chi connectivity index (χ1n) is 8.12. The number of hydrogen-bond acceptors (Lipinski definition) is 7. The summed E-state index contributed by atoms with van der Waals surface area (Å²) in [5.41, 5.74) is 7.32. The van der Waals surface area contributed by atoms with Crippen LogP contribution in [0, 0.1) is 0 Å². The number of hydrogen-bond donors (Lipinski definition) is 4. The number of nitrogens with zero attached hydrogens (tertiary/aromatic N) is 2. The normalized spacial score (nSPS) is 20.4. The van der Waals surface area contributed by atoms with Crippen LogP contribution in [0.25, 0.3) is 0 Å². The fourth-order valence-corrected chi connectivity index (χ4v) is 2.77. The Balaban J connectivity index is 1.68. The summed E-state index contributed by atoms with van der Waals surface area (Å²) in [6.07, 6.45) is 4.86. The van der Waals surface area contributed by atoms with Gasteiger partial charge in [-0.15, -0.1) is 0 Å². The zero-order chi connectivity index (χ0) is 16.9. The van der Waals surface area contributed by atoms with Crippen LogP contribution in [0.5, 0.6) is 5.75 Å². The Morgan fingerprint density at radius 3 is 2.54 bits per heavy atom. The van der Waals surface area contributed by atoms with E-state index in [0.29, 0.717) is 17.5 Å². The monoisotopic (exact) mass is 329 g/mol. The van der Waals surface area contributed by atoms with Crippen molar-refractivity contribution in [2.24, 2.45) is 0 Å². The van der Waals surface area contributed by atoms with E-state index in [1.807, 2.05) is 24.3 Å². The second-order valence-corrected chi connectivity index (χ2v) is 6.00. The molecule has 1 fully saturated rings. The first-order chi connectivity index (χ1) is 11.6. The van der Waals surface area contributed by atoms with Gasteiger partial charge in [0.15, 0.2) is 5.82 Å². The number of methoxy groups -OCH3 is 1. The van der Waals surface area contributed by atoms with E-state index >= 15 is 0 Å². The first kappa shape index (κ1) is 16.3. The summed E-state index contributed by atoms with van der Waals surface area (Å²) < 4.78 is 5.15. The molecule has 0 aliphatic heterocycles. The Hall–Kier alpha value is -2.54. The Labute approximate surface area is 141 Å². The van der Waals surface area contributed by atoms with Crippen LogP contribution in [0.1, 0.15) is 25.7 Å². The van der Waals surface area contributed by atoms with Crippen molar-refractivity contribution in [3.63, 3.8) is 0 Å². The standard InChI is InChI=1S/C17H23N5O2/c1-24-14-8-4-11(5-9-14)20-16-15(18)10-19-17(22-16)21-12-2-6-13(23)7-3-12/h4-5,8-10,12-13,23H,2-3,6-7,18H2,1H3,(H2,19,20,21,22). The molecular weight excluding hydrogens is 306 g/mol. The summed E-state index contributed by atoms with van der Waals surface area (Å²) in [7, 11) is 1.63. The molecular formula is C17H23N5O2. The highest BCUT2D eigenvalue weighted by molar-refractivity contribution is 5.69. The molecule has 7 heteroatoms. The Morgan fingerprint density at radius 1 is 1.17 bits per heavy atom. The van der Waals surface area contributed by atoms with Crippen molar-refractivity contribution >= 4 is 23.1 Å². The summed E-state index contributed by atoms with van der Waals surface area (Å²) >= 11 is 0. The molecule has 1 aliphatic carbocycles. The van der Waals surface area contributed by atoms with Crippen LogP contribution >= 0.6 is 0 Å². The van der Waals surface area contributed by atoms with Crippen molar-refractivity contribution in [2.75, 3.05) is 23.5 Å². The number of rotatable bonds is 5. The van der Waals surface area contributed by atoms with E-state index in [1.165, 1.54) is 0 Å². The number of aliphatic hydroxyl groups excluding tert-OH is 1. The van der Waals surface area contributed by atoms with Crippen LogP contribution in [0.2, 0.25) is 0 Å². The predicted molar refractivity (Wildman–Crippen MR) is 94.6 cm³/mol. The number of ether oxygens (including phenoxy) is 1. The molecule has 1 aliphatic rings. The Kier molecular flexibility index (Phi) is 5.00. The van der Waals surface area contributed by atoms with Gasteiger partial charge in [-0.05, 0) is 49.9 Å². The van der Waals surface area contributed by atoms with Crippen LogP contribution in [0.3, 0.4) is 0 Å². The van der Waals surface area contributed by atoms with Crippen LogP contribution in [0.15, 0.2) is 30.5 Å². The topological polar surface area (TPSA) is 105 Å². The third kappa shape index (κ3) is 4.05. The number of anilines is 4. The van der Waals surface area contributed by atoms with Gasteiger partial charge < -0.3 is 26.2 Å². The van der Waals surface area contributed by atoms with E-state index in [9.17, 15) is 5.11 Å². The van der Waals surface area contributed by atoms with E-state index in [0.717, 1.165) is 37.1 Å². The van der Waals surface area contributed by atoms with Crippen LogP contribution in [0.4, 0.5) is 23.1 Å². The van der Waals surface area contributed by atoms with Gasteiger partial charge in [-0.1, -0.05) is 0 Å². The molecule has 3 rings (SSSR count). The van der Waals surface area contributed by atoms with Crippen LogP contribution < -0.4 is 21.1 Å².